The molecule has 1 fully saturated rings. The van der Waals surface area contributed by atoms with Crippen molar-refractivity contribution in [3.63, 3.8) is 0 Å². The van der Waals surface area contributed by atoms with Crippen molar-refractivity contribution in [1.29, 1.82) is 0 Å². The lowest BCUT2D eigenvalue weighted by Crippen LogP contribution is -2.41. The van der Waals surface area contributed by atoms with Crippen LogP contribution in [0.4, 0.5) is 11.8 Å². The van der Waals surface area contributed by atoms with Gasteiger partial charge in [-0.15, -0.1) is 0 Å². The molecule has 0 aliphatic carbocycles. The molecule has 0 radical (unpaired) electrons. The summed E-state index contributed by atoms with van der Waals surface area (Å²) in [7, 11) is 6.06. The van der Waals surface area contributed by atoms with Crippen LogP contribution in [-0.4, -0.2) is 52.7 Å². The Bertz CT molecular complexity index is 916. The zero-order chi connectivity index (χ0) is 18.8. The van der Waals surface area contributed by atoms with Gasteiger partial charge >= 0.3 is 0 Å². The quantitative estimate of drug-likeness (QED) is 0.754. The first-order valence-corrected chi connectivity index (χ1v) is 9.62. The number of aromatic nitrogens is 3. The fraction of sp³-hybridized carbons (Fsp3) is 0.429. The zero-order valence-electron chi connectivity index (χ0n) is 16.4. The molecule has 1 aliphatic rings. The van der Waals surface area contributed by atoms with Gasteiger partial charge in [0, 0.05) is 63.6 Å². The van der Waals surface area contributed by atoms with Crippen LogP contribution in [0.15, 0.2) is 42.7 Å². The molecule has 1 unspecified atom stereocenters. The van der Waals surface area contributed by atoms with Gasteiger partial charge in [-0.1, -0.05) is 18.2 Å². The van der Waals surface area contributed by atoms with Crippen LogP contribution in [-0.2, 0) is 13.6 Å². The van der Waals surface area contributed by atoms with Crippen molar-refractivity contribution >= 4 is 22.7 Å². The monoisotopic (exact) mass is 364 g/mol. The van der Waals surface area contributed by atoms with E-state index in [1.54, 1.807) is 0 Å². The Balaban J connectivity index is 1.44. The molecule has 2 aromatic heterocycles. The highest BCUT2D eigenvalue weighted by atomic mass is 15.2. The van der Waals surface area contributed by atoms with Crippen LogP contribution in [0.1, 0.15) is 18.4 Å². The third-order valence-electron chi connectivity index (χ3n) is 5.27. The Morgan fingerprint density at radius 1 is 1.22 bits per heavy atom. The van der Waals surface area contributed by atoms with Gasteiger partial charge in [0.2, 0.25) is 5.95 Å². The van der Waals surface area contributed by atoms with Crippen LogP contribution in [0.25, 0.3) is 10.9 Å². The van der Waals surface area contributed by atoms with E-state index in [9.17, 15) is 0 Å². The van der Waals surface area contributed by atoms with Crippen LogP contribution < -0.4 is 10.2 Å². The number of fused-ring (bicyclic) bond motifs is 1. The molecular weight excluding hydrogens is 336 g/mol. The van der Waals surface area contributed by atoms with Crippen molar-refractivity contribution < 1.29 is 0 Å². The van der Waals surface area contributed by atoms with Gasteiger partial charge in [0.1, 0.15) is 5.82 Å². The first-order chi connectivity index (χ1) is 13.1. The molecule has 1 N–H and O–H groups in total. The Hall–Kier alpha value is -2.60. The average Bonchev–Trinajstić information content (AvgIpc) is 2.98. The predicted molar refractivity (Wildman–Crippen MR) is 111 cm³/mol. The molecule has 3 aromatic rings. The van der Waals surface area contributed by atoms with Gasteiger partial charge in [-0.05, 0) is 37.1 Å². The molecule has 0 spiro atoms. The van der Waals surface area contributed by atoms with Crippen molar-refractivity contribution in [1.82, 2.24) is 19.4 Å². The number of piperidine rings is 1. The summed E-state index contributed by atoms with van der Waals surface area (Å²) in [5.41, 5.74) is 2.71. The number of benzene rings is 1. The molecule has 1 aliphatic heterocycles. The summed E-state index contributed by atoms with van der Waals surface area (Å²) >= 11 is 0. The molecule has 27 heavy (non-hydrogen) atoms. The smallest absolute Gasteiger partial charge is 0.226 e. The maximum absolute atomic E-state index is 4.60. The maximum Gasteiger partial charge on any atom is 0.226 e. The van der Waals surface area contributed by atoms with Gasteiger partial charge in [0.15, 0.2) is 0 Å². The van der Waals surface area contributed by atoms with Crippen molar-refractivity contribution in [2.45, 2.75) is 25.4 Å². The Morgan fingerprint density at radius 2 is 2.07 bits per heavy atom. The number of hydrogen-bond donors (Lipinski definition) is 1. The van der Waals surface area contributed by atoms with Crippen molar-refractivity contribution in [3.8, 4) is 0 Å². The second-order valence-corrected chi connectivity index (χ2v) is 7.64. The number of anilines is 2. The summed E-state index contributed by atoms with van der Waals surface area (Å²) in [6, 6.07) is 11.0. The molecule has 0 amide bonds. The first kappa shape index (κ1) is 17.8. The highest BCUT2D eigenvalue weighted by molar-refractivity contribution is 5.83. The summed E-state index contributed by atoms with van der Waals surface area (Å²) in [6.07, 6.45) is 6.47. The molecule has 3 heterocycles. The summed E-state index contributed by atoms with van der Waals surface area (Å²) in [5.74, 6) is 1.65. The van der Waals surface area contributed by atoms with E-state index in [0.29, 0.717) is 6.04 Å². The molecule has 142 valence electrons. The lowest BCUT2D eigenvalue weighted by Gasteiger charge is -2.33. The second-order valence-electron chi connectivity index (χ2n) is 7.64. The van der Waals surface area contributed by atoms with Gasteiger partial charge in [-0.25, -0.2) is 4.98 Å². The predicted octanol–water partition coefficient (Wildman–Crippen LogP) is 3.11. The van der Waals surface area contributed by atoms with Crippen molar-refractivity contribution in [3.05, 3.63) is 48.3 Å². The summed E-state index contributed by atoms with van der Waals surface area (Å²) in [5, 5.41) is 4.97. The fourth-order valence-corrected chi connectivity index (χ4v) is 3.96. The van der Waals surface area contributed by atoms with Crippen LogP contribution in [0.5, 0.6) is 0 Å². The SMILES string of the molecule is CN(C)c1nccc(NC2CCCN(Cc3cn(C)c4ccccc34)C2)n1. The highest BCUT2D eigenvalue weighted by Gasteiger charge is 2.21. The lowest BCUT2D eigenvalue weighted by molar-refractivity contribution is 0.209. The van der Waals surface area contributed by atoms with Crippen molar-refractivity contribution in [2.24, 2.45) is 7.05 Å². The minimum absolute atomic E-state index is 0.415. The molecule has 1 aromatic carbocycles. The van der Waals surface area contributed by atoms with E-state index in [4.69, 9.17) is 0 Å². The minimum atomic E-state index is 0.415. The van der Waals surface area contributed by atoms with Crippen LogP contribution in [0.3, 0.4) is 0 Å². The van der Waals surface area contributed by atoms with Gasteiger partial charge < -0.3 is 14.8 Å². The summed E-state index contributed by atoms with van der Waals surface area (Å²) in [4.78, 5) is 13.4. The van der Waals surface area contributed by atoms with E-state index in [1.165, 1.54) is 29.3 Å². The third-order valence-corrected chi connectivity index (χ3v) is 5.27. The molecular formula is C21H28N6. The van der Waals surface area contributed by atoms with Gasteiger partial charge in [-0.3, -0.25) is 4.90 Å². The first-order valence-electron chi connectivity index (χ1n) is 9.62. The van der Waals surface area contributed by atoms with Gasteiger partial charge in [0.25, 0.3) is 0 Å². The largest absolute Gasteiger partial charge is 0.366 e. The summed E-state index contributed by atoms with van der Waals surface area (Å²) < 4.78 is 2.23. The summed E-state index contributed by atoms with van der Waals surface area (Å²) in [6.45, 7) is 3.17. The molecule has 6 nitrogen and oxygen atoms in total. The Morgan fingerprint density at radius 3 is 2.93 bits per heavy atom. The number of nitrogens with one attached hydrogen (secondary N) is 1. The van der Waals surface area contributed by atoms with Gasteiger partial charge in [-0.2, -0.15) is 4.98 Å². The number of nitrogens with zero attached hydrogens (tertiary/aromatic N) is 5. The topological polar surface area (TPSA) is 49.2 Å². The van der Waals surface area contributed by atoms with Crippen LogP contribution >= 0.6 is 0 Å². The number of likely N-dealkylation sites (tertiary alicyclic amines) is 1. The van der Waals surface area contributed by atoms with E-state index in [1.807, 2.05) is 31.3 Å². The number of rotatable bonds is 5. The number of aryl methyl sites for hydroxylation is 1. The standard InChI is InChI=1S/C21H28N6/c1-25(2)21-22-11-10-20(24-21)23-17-7-6-12-27(15-17)14-16-13-26(3)19-9-5-4-8-18(16)19/h4-5,8-11,13,17H,6-7,12,14-15H2,1-3H3,(H,22,23,24). The van der Waals surface area contributed by atoms with Crippen LogP contribution in [0, 0.1) is 0 Å². The molecule has 6 heteroatoms. The van der Waals surface area contributed by atoms with E-state index in [2.05, 4.69) is 62.3 Å². The Labute approximate surface area is 160 Å². The van der Waals surface area contributed by atoms with E-state index < -0.39 is 0 Å². The molecule has 1 saturated heterocycles. The minimum Gasteiger partial charge on any atom is -0.366 e. The Kier molecular flexibility index (Phi) is 4.99. The van der Waals surface area contributed by atoms with Crippen molar-refractivity contribution in [2.75, 3.05) is 37.4 Å². The lowest BCUT2D eigenvalue weighted by atomic mass is 10.0. The molecule has 0 bridgehead atoms. The second kappa shape index (κ2) is 7.56. The van der Waals surface area contributed by atoms with Crippen LogP contribution in [0.2, 0.25) is 0 Å². The number of para-hydroxylation sites is 1. The zero-order valence-corrected chi connectivity index (χ0v) is 16.4. The highest BCUT2D eigenvalue weighted by Crippen LogP contribution is 2.24. The average molecular weight is 364 g/mol. The van der Waals surface area contributed by atoms with E-state index in [-0.39, 0.29) is 0 Å². The van der Waals surface area contributed by atoms with Gasteiger partial charge in [0.05, 0.1) is 0 Å². The molecule has 4 rings (SSSR count). The van der Waals surface area contributed by atoms with E-state index in [0.717, 1.165) is 31.4 Å². The number of hydrogen-bond acceptors (Lipinski definition) is 5. The maximum atomic E-state index is 4.60. The normalized spacial score (nSPS) is 18.0. The molecule has 1 atom stereocenters. The van der Waals surface area contributed by atoms with E-state index >= 15 is 0 Å². The fourth-order valence-electron chi connectivity index (χ4n) is 3.96. The third kappa shape index (κ3) is 3.90. The molecule has 0 saturated carbocycles.